The largest absolute Gasteiger partial charge is 0.135 e. The third-order valence-corrected chi connectivity index (χ3v) is 3.37. The van der Waals surface area contributed by atoms with Gasteiger partial charge in [-0.25, -0.2) is 0 Å². The molecular weight excluding hydrogens is 212 g/mol. The van der Waals surface area contributed by atoms with Crippen molar-refractivity contribution in [3.63, 3.8) is 0 Å². The normalized spacial score (nSPS) is 12.4. The smallest absolute Gasteiger partial charge is 0.0355 e. The average molecular weight is 230 g/mol. The highest BCUT2D eigenvalue weighted by Gasteiger charge is 1.97. The van der Waals surface area contributed by atoms with Gasteiger partial charge in [0.25, 0.3) is 0 Å². The van der Waals surface area contributed by atoms with Crippen molar-refractivity contribution in [2.75, 3.05) is 0 Å². The second-order valence-electron chi connectivity index (χ2n) is 3.07. The lowest BCUT2D eigenvalue weighted by atomic mass is 10.2. The van der Waals surface area contributed by atoms with Crippen LogP contribution in [0.25, 0.3) is 22.2 Å². The first-order chi connectivity index (χ1) is 7.86. The fourth-order valence-electron chi connectivity index (χ4n) is 1.61. The van der Waals surface area contributed by atoms with Crippen LogP contribution in [0.2, 0.25) is 0 Å². The van der Waals surface area contributed by atoms with Gasteiger partial charge >= 0.3 is 0 Å². The fraction of sp³-hybridized carbons (Fsp3) is 0.200. The van der Waals surface area contributed by atoms with Crippen LogP contribution in [0.1, 0.15) is 20.8 Å². The van der Waals surface area contributed by atoms with E-state index in [2.05, 4.69) is 49.9 Å². The number of hydrogen-bond acceptors (Lipinski definition) is 1. The summed E-state index contributed by atoms with van der Waals surface area (Å²) in [6, 6.07) is 8.49. The predicted octanol–water partition coefficient (Wildman–Crippen LogP) is 3.69. The maximum Gasteiger partial charge on any atom is 0.0355 e. The average Bonchev–Trinajstić information content (AvgIpc) is 2.69. The van der Waals surface area contributed by atoms with Crippen LogP contribution in [0, 0.1) is 0 Å². The number of hydrogen-bond donors (Lipinski definition) is 0. The molecular formula is C15H18S. The Morgan fingerprint density at radius 1 is 1.19 bits per heavy atom. The Balaban J connectivity index is 0.000000606. The second kappa shape index (κ2) is 6.29. The van der Waals surface area contributed by atoms with E-state index in [0.29, 0.717) is 0 Å². The third kappa shape index (κ3) is 2.42. The molecule has 0 radical (unpaired) electrons. The predicted molar refractivity (Wildman–Crippen MR) is 77.2 cm³/mol. The molecule has 0 saturated heterocycles. The van der Waals surface area contributed by atoms with E-state index in [4.69, 9.17) is 0 Å². The molecule has 2 aromatic rings. The summed E-state index contributed by atoms with van der Waals surface area (Å²) in [5.74, 6) is 0. The molecule has 0 unspecified atom stereocenters. The molecule has 16 heavy (non-hydrogen) atoms. The van der Waals surface area contributed by atoms with E-state index >= 15 is 0 Å². The molecule has 0 aliphatic rings. The Morgan fingerprint density at radius 2 is 1.88 bits per heavy atom. The Bertz CT molecular complexity index is 573. The topological polar surface area (TPSA) is 0 Å². The van der Waals surface area contributed by atoms with Crippen molar-refractivity contribution in [1.82, 2.24) is 0 Å². The Morgan fingerprint density at radius 3 is 2.50 bits per heavy atom. The van der Waals surface area contributed by atoms with Crippen LogP contribution in [0.15, 0.2) is 36.9 Å². The molecule has 0 atom stereocenters. The lowest BCUT2D eigenvalue weighted by Crippen LogP contribution is -2.17. The quantitative estimate of drug-likeness (QED) is 0.701. The van der Waals surface area contributed by atoms with Crippen LogP contribution in [-0.4, -0.2) is 0 Å². The Kier molecular flexibility index (Phi) is 5.00. The number of thiophene rings is 1. The standard InChI is InChI=1S/C13H12S.C2H6/c1-3-7-12-10(4-2)11-8-5-6-9-13(11)14-12;1-2/h3-9H,1H2,2H3;1-2H3/b10-4-,12-7+;. The Hall–Kier alpha value is -1.34. The van der Waals surface area contributed by atoms with Crippen molar-refractivity contribution in [2.24, 2.45) is 0 Å². The van der Waals surface area contributed by atoms with Crippen molar-refractivity contribution in [3.05, 3.63) is 46.7 Å². The van der Waals surface area contributed by atoms with Gasteiger partial charge < -0.3 is 0 Å². The molecule has 0 aliphatic carbocycles. The van der Waals surface area contributed by atoms with E-state index in [-0.39, 0.29) is 0 Å². The van der Waals surface area contributed by atoms with Crippen LogP contribution in [0.4, 0.5) is 0 Å². The van der Waals surface area contributed by atoms with E-state index in [1.165, 1.54) is 19.8 Å². The van der Waals surface area contributed by atoms with E-state index in [1.807, 2.05) is 31.3 Å². The van der Waals surface area contributed by atoms with E-state index in [0.717, 1.165) is 0 Å². The molecule has 0 amide bonds. The summed E-state index contributed by atoms with van der Waals surface area (Å²) in [6.45, 7) is 9.82. The molecule has 0 fully saturated rings. The minimum absolute atomic E-state index is 1.30. The first-order valence-electron chi connectivity index (χ1n) is 5.63. The molecule has 2 rings (SSSR count). The third-order valence-electron chi connectivity index (χ3n) is 2.22. The van der Waals surface area contributed by atoms with Gasteiger partial charge in [0.2, 0.25) is 0 Å². The zero-order valence-corrected chi connectivity index (χ0v) is 11.0. The molecule has 0 N–H and O–H groups in total. The van der Waals surface area contributed by atoms with Gasteiger partial charge in [0.15, 0.2) is 0 Å². The molecule has 1 heterocycles. The monoisotopic (exact) mass is 230 g/mol. The van der Waals surface area contributed by atoms with Gasteiger partial charge in [0.1, 0.15) is 0 Å². The number of rotatable bonds is 1. The van der Waals surface area contributed by atoms with Crippen molar-refractivity contribution in [2.45, 2.75) is 20.8 Å². The maximum absolute atomic E-state index is 3.74. The minimum Gasteiger partial charge on any atom is -0.135 e. The van der Waals surface area contributed by atoms with Crippen molar-refractivity contribution < 1.29 is 0 Å². The van der Waals surface area contributed by atoms with Crippen LogP contribution >= 0.6 is 11.3 Å². The van der Waals surface area contributed by atoms with E-state index in [1.54, 1.807) is 0 Å². The van der Waals surface area contributed by atoms with Crippen LogP contribution in [0.3, 0.4) is 0 Å². The SMILES string of the molecule is C=C/C=c1/sc2ccccc2/c1=C/C.CC. The van der Waals surface area contributed by atoms with E-state index < -0.39 is 0 Å². The summed E-state index contributed by atoms with van der Waals surface area (Å²) in [7, 11) is 0. The summed E-state index contributed by atoms with van der Waals surface area (Å²) in [6.07, 6.45) is 6.08. The van der Waals surface area contributed by atoms with Crippen LogP contribution in [0.5, 0.6) is 0 Å². The summed E-state index contributed by atoms with van der Waals surface area (Å²) < 4.78 is 2.64. The maximum atomic E-state index is 3.74. The summed E-state index contributed by atoms with van der Waals surface area (Å²) >= 11 is 1.81. The van der Waals surface area contributed by atoms with Gasteiger partial charge in [-0.2, -0.15) is 0 Å². The van der Waals surface area contributed by atoms with Gasteiger partial charge in [-0.15, -0.1) is 11.3 Å². The van der Waals surface area contributed by atoms with Gasteiger partial charge in [0, 0.05) is 9.23 Å². The van der Waals surface area contributed by atoms with E-state index in [9.17, 15) is 0 Å². The minimum atomic E-state index is 1.30. The van der Waals surface area contributed by atoms with Crippen molar-refractivity contribution in [1.29, 1.82) is 0 Å². The van der Waals surface area contributed by atoms with Gasteiger partial charge in [-0.3, -0.25) is 0 Å². The number of benzene rings is 1. The molecule has 0 nitrogen and oxygen atoms in total. The molecule has 1 heteroatoms. The molecule has 1 aromatic heterocycles. The fourth-order valence-corrected chi connectivity index (χ4v) is 2.79. The molecule has 84 valence electrons. The molecule has 1 aromatic carbocycles. The zero-order valence-electron chi connectivity index (χ0n) is 10.2. The van der Waals surface area contributed by atoms with Gasteiger partial charge in [0.05, 0.1) is 0 Å². The Labute approximate surface area is 101 Å². The highest BCUT2D eigenvalue weighted by Crippen LogP contribution is 2.11. The highest BCUT2D eigenvalue weighted by atomic mass is 32.1. The summed E-state index contributed by atoms with van der Waals surface area (Å²) in [5.41, 5.74) is 0. The number of allylic oxidation sites excluding steroid dienone is 1. The van der Waals surface area contributed by atoms with Crippen LogP contribution in [-0.2, 0) is 0 Å². The second-order valence-corrected chi connectivity index (χ2v) is 4.15. The van der Waals surface area contributed by atoms with Crippen molar-refractivity contribution in [3.8, 4) is 0 Å². The number of fused-ring (bicyclic) bond motifs is 1. The first-order valence-corrected chi connectivity index (χ1v) is 6.45. The molecule has 0 spiro atoms. The van der Waals surface area contributed by atoms with Crippen LogP contribution < -0.4 is 9.75 Å². The molecule has 0 aliphatic heterocycles. The summed E-state index contributed by atoms with van der Waals surface area (Å²) in [4.78, 5) is 0. The van der Waals surface area contributed by atoms with Crippen molar-refractivity contribution >= 4 is 33.6 Å². The lowest BCUT2D eigenvalue weighted by Gasteiger charge is -1.84. The van der Waals surface area contributed by atoms with Gasteiger partial charge in [-0.1, -0.05) is 50.8 Å². The molecule has 0 bridgehead atoms. The first kappa shape index (κ1) is 12.7. The zero-order chi connectivity index (χ0) is 12.0. The van der Waals surface area contributed by atoms with Gasteiger partial charge in [-0.05, 0) is 29.7 Å². The highest BCUT2D eigenvalue weighted by molar-refractivity contribution is 7.17. The lowest BCUT2D eigenvalue weighted by molar-refractivity contribution is 1.50. The summed E-state index contributed by atoms with van der Waals surface area (Å²) in [5, 5.41) is 2.67. The molecule has 0 saturated carbocycles.